The van der Waals surface area contributed by atoms with E-state index in [1.165, 1.54) is 12.1 Å². The summed E-state index contributed by atoms with van der Waals surface area (Å²) < 4.78 is 18.0. The monoisotopic (exact) mass is 279 g/mol. The minimum absolute atomic E-state index is 0.103. The average molecular weight is 279 g/mol. The average Bonchev–Trinajstić information content (AvgIpc) is 2.89. The van der Waals surface area contributed by atoms with Crippen LogP contribution in [0, 0.1) is 11.7 Å². The van der Waals surface area contributed by atoms with Gasteiger partial charge in [0.2, 0.25) is 5.91 Å². The first-order valence-corrected chi connectivity index (χ1v) is 7.15. The zero-order valence-corrected chi connectivity index (χ0v) is 12.1. The van der Waals surface area contributed by atoms with Gasteiger partial charge in [0.05, 0.1) is 12.5 Å². The van der Waals surface area contributed by atoms with Crippen molar-refractivity contribution in [2.75, 3.05) is 20.3 Å². The number of carbonyl (C=O) groups excluding carboxylic acids is 1. The van der Waals surface area contributed by atoms with Crippen molar-refractivity contribution in [1.29, 1.82) is 0 Å². The Morgan fingerprint density at radius 1 is 1.45 bits per heavy atom. The fourth-order valence-corrected chi connectivity index (χ4v) is 2.83. The van der Waals surface area contributed by atoms with Crippen molar-refractivity contribution in [3.8, 4) is 0 Å². The highest BCUT2D eigenvalue weighted by molar-refractivity contribution is 5.79. The lowest BCUT2D eigenvalue weighted by Crippen LogP contribution is -2.41. The Morgan fingerprint density at radius 3 is 2.80 bits per heavy atom. The lowest BCUT2D eigenvalue weighted by molar-refractivity contribution is -0.137. The molecular formula is C16H22FNO2. The summed E-state index contributed by atoms with van der Waals surface area (Å²) in [6.07, 6.45) is 2.85. The number of halogens is 1. The number of hydrogen-bond donors (Lipinski definition) is 0. The molecule has 1 amide bonds. The molecule has 1 saturated heterocycles. The highest BCUT2D eigenvalue weighted by Crippen LogP contribution is 2.23. The van der Waals surface area contributed by atoms with Crippen molar-refractivity contribution in [1.82, 2.24) is 4.90 Å². The summed E-state index contributed by atoms with van der Waals surface area (Å²) in [5, 5.41) is 0. The molecule has 110 valence electrons. The van der Waals surface area contributed by atoms with E-state index in [4.69, 9.17) is 4.74 Å². The van der Waals surface area contributed by atoms with Crippen molar-refractivity contribution in [2.24, 2.45) is 5.92 Å². The van der Waals surface area contributed by atoms with E-state index in [1.54, 1.807) is 19.2 Å². The summed E-state index contributed by atoms with van der Waals surface area (Å²) in [4.78, 5) is 14.3. The van der Waals surface area contributed by atoms with Crippen LogP contribution in [0.1, 0.15) is 25.3 Å². The summed E-state index contributed by atoms with van der Waals surface area (Å²) >= 11 is 0. The molecule has 0 spiro atoms. The first-order valence-electron chi connectivity index (χ1n) is 7.15. The molecule has 0 saturated carbocycles. The molecule has 1 fully saturated rings. The van der Waals surface area contributed by atoms with E-state index < -0.39 is 0 Å². The quantitative estimate of drug-likeness (QED) is 0.829. The third-order valence-corrected chi connectivity index (χ3v) is 3.88. The van der Waals surface area contributed by atoms with Crippen LogP contribution in [0.4, 0.5) is 4.39 Å². The maximum atomic E-state index is 12.9. The molecule has 1 aromatic rings. The SMILES string of the molecule is COCC(C)C(=O)N1CCCC1Cc1ccc(F)cc1. The standard InChI is InChI=1S/C16H22FNO2/c1-12(11-20-2)16(19)18-9-3-4-15(18)10-13-5-7-14(17)8-6-13/h5-8,12,15H,3-4,9-11H2,1-2H3. The second-order valence-electron chi connectivity index (χ2n) is 5.51. The van der Waals surface area contributed by atoms with Gasteiger partial charge in [0.15, 0.2) is 0 Å². The number of likely N-dealkylation sites (tertiary alicyclic amines) is 1. The number of amides is 1. The van der Waals surface area contributed by atoms with Crippen LogP contribution in [0.3, 0.4) is 0 Å². The number of carbonyl (C=O) groups is 1. The lowest BCUT2D eigenvalue weighted by atomic mass is 10.0. The first kappa shape index (κ1) is 15.0. The lowest BCUT2D eigenvalue weighted by Gasteiger charge is -2.27. The fourth-order valence-electron chi connectivity index (χ4n) is 2.83. The van der Waals surface area contributed by atoms with Crippen molar-refractivity contribution >= 4 is 5.91 Å². The van der Waals surface area contributed by atoms with Crippen molar-refractivity contribution < 1.29 is 13.9 Å². The molecule has 0 radical (unpaired) electrons. The summed E-state index contributed by atoms with van der Waals surface area (Å²) in [6, 6.07) is 6.78. The van der Waals surface area contributed by atoms with Crippen LogP contribution in [-0.4, -0.2) is 37.1 Å². The second-order valence-corrected chi connectivity index (χ2v) is 5.51. The van der Waals surface area contributed by atoms with Crippen LogP contribution in [0.15, 0.2) is 24.3 Å². The summed E-state index contributed by atoms with van der Waals surface area (Å²) in [6.45, 7) is 3.18. The molecule has 0 aliphatic carbocycles. The Labute approximate surface area is 119 Å². The maximum absolute atomic E-state index is 12.9. The molecule has 4 heteroatoms. The number of methoxy groups -OCH3 is 1. The van der Waals surface area contributed by atoms with Gasteiger partial charge >= 0.3 is 0 Å². The van der Waals surface area contributed by atoms with Gasteiger partial charge in [0, 0.05) is 19.7 Å². The van der Waals surface area contributed by atoms with Crippen molar-refractivity contribution in [2.45, 2.75) is 32.2 Å². The van der Waals surface area contributed by atoms with Gasteiger partial charge < -0.3 is 9.64 Å². The Morgan fingerprint density at radius 2 is 2.15 bits per heavy atom. The van der Waals surface area contributed by atoms with Gasteiger partial charge in [-0.1, -0.05) is 19.1 Å². The van der Waals surface area contributed by atoms with E-state index in [9.17, 15) is 9.18 Å². The van der Waals surface area contributed by atoms with Gasteiger partial charge in [-0.2, -0.15) is 0 Å². The largest absolute Gasteiger partial charge is 0.384 e. The van der Waals surface area contributed by atoms with Crippen LogP contribution < -0.4 is 0 Å². The van der Waals surface area contributed by atoms with Crippen LogP contribution in [-0.2, 0) is 16.0 Å². The first-order chi connectivity index (χ1) is 9.61. The molecule has 20 heavy (non-hydrogen) atoms. The number of rotatable bonds is 5. The van der Waals surface area contributed by atoms with Crippen LogP contribution in [0.25, 0.3) is 0 Å². The Hall–Kier alpha value is -1.42. The molecule has 0 aromatic heterocycles. The van der Waals surface area contributed by atoms with E-state index in [-0.39, 0.29) is 23.7 Å². The van der Waals surface area contributed by atoms with E-state index >= 15 is 0 Å². The number of nitrogens with zero attached hydrogens (tertiary/aromatic N) is 1. The third kappa shape index (κ3) is 3.57. The number of ether oxygens (including phenoxy) is 1. The Bertz CT molecular complexity index is 446. The normalized spacial score (nSPS) is 20.1. The summed E-state index contributed by atoms with van der Waals surface area (Å²) in [7, 11) is 1.61. The van der Waals surface area contributed by atoms with Gasteiger partial charge in [-0.15, -0.1) is 0 Å². The van der Waals surface area contributed by atoms with Crippen LogP contribution in [0.2, 0.25) is 0 Å². The third-order valence-electron chi connectivity index (χ3n) is 3.88. The molecular weight excluding hydrogens is 257 g/mol. The highest BCUT2D eigenvalue weighted by atomic mass is 19.1. The van der Waals surface area contributed by atoms with Gasteiger partial charge in [-0.05, 0) is 37.0 Å². The molecule has 1 aliphatic rings. The van der Waals surface area contributed by atoms with Crippen LogP contribution in [0.5, 0.6) is 0 Å². The van der Waals surface area contributed by atoms with Gasteiger partial charge in [-0.3, -0.25) is 4.79 Å². The van der Waals surface area contributed by atoms with Gasteiger partial charge in [0.1, 0.15) is 5.82 Å². The van der Waals surface area contributed by atoms with Gasteiger partial charge in [-0.25, -0.2) is 4.39 Å². The predicted octanol–water partition coefficient (Wildman–Crippen LogP) is 2.64. The topological polar surface area (TPSA) is 29.5 Å². The molecule has 0 N–H and O–H groups in total. The molecule has 2 rings (SSSR count). The zero-order valence-electron chi connectivity index (χ0n) is 12.1. The molecule has 3 nitrogen and oxygen atoms in total. The molecule has 2 atom stereocenters. The summed E-state index contributed by atoms with van der Waals surface area (Å²) in [5.41, 5.74) is 1.08. The Balaban J connectivity index is 2.00. The second kappa shape index (κ2) is 6.84. The van der Waals surface area contributed by atoms with E-state index in [0.717, 1.165) is 31.4 Å². The number of hydrogen-bond acceptors (Lipinski definition) is 2. The Kier molecular flexibility index (Phi) is 5.12. The molecule has 2 unspecified atom stereocenters. The molecule has 1 heterocycles. The fraction of sp³-hybridized carbons (Fsp3) is 0.562. The van der Waals surface area contributed by atoms with Gasteiger partial charge in [0.25, 0.3) is 0 Å². The zero-order chi connectivity index (χ0) is 14.5. The van der Waals surface area contributed by atoms with Crippen LogP contribution >= 0.6 is 0 Å². The molecule has 0 bridgehead atoms. The molecule has 1 aromatic carbocycles. The minimum Gasteiger partial charge on any atom is -0.384 e. The van der Waals surface area contributed by atoms with Crippen molar-refractivity contribution in [3.05, 3.63) is 35.6 Å². The maximum Gasteiger partial charge on any atom is 0.227 e. The smallest absolute Gasteiger partial charge is 0.227 e. The number of benzene rings is 1. The predicted molar refractivity (Wildman–Crippen MR) is 75.9 cm³/mol. The summed E-state index contributed by atoms with van der Waals surface area (Å²) in [5.74, 6) is -0.160. The minimum atomic E-state index is -0.221. The van der Waals surface area contributed by atoms with E-state index in [0.29, 0.717) is 6.61 Å². The molecule has 1 aliphatic heterocycles. The highest BCUT2D eigenvalue weighted by Gasteiger charge is 2.31. The van der Waals surface area contributed by atoms with Crippen molar-refractivity contribution in [3.63, 3.8) is 0 Å². The van der Waals surface area contributed by atoms with E-state index in [2.05, 4.69) is 0 Å². The van der Waals surface area contributed by atoms with E-state index in [1.807, 2.05) is 11.8 Å².